The molecule has 1 fully saturated rings. The number of nitrogens with zero attached hydrogens (tertiary/aromatic N) is 5. The third-order valence-corrected chi connectivity index (χ3v) is 6.47. The first kappa shape index (κ1) is 20.6. The zero-order chi connectivity index (χ0) is 20.4. The van der Waals surface area contributed by atoms with Gasteiger partial charge in [-0.15, -0.1) is 0 Å². The van der Waals surface area contributed by atoms with Crippen molar-refractivity contribution in [1.82, 2.24) is 19.6 Å². The fourth-order valence-corrected chi connectivity index (χ4v) is 3.91. The van der Waals surface area contributed by atoms with Crippen LogP contribution in [0.1, 0.15) is 35.6 Å². The summed E-state index contributed by atoms with van der Waals surface area (Å²) in [7, 11) is 0. The lowest BCUT2D eigenvalue weighted by molar-refractivity contribution is 0.0577. The van der Waals surface area contributed by atoms with E-state index in [9.17, 15) is 10.1 Å². The Morgan fingerprint density at radius 1 is 1.14 bits per heavy atom. The monoisotopic (exact) mass is 443 g/mol. The van der Waals surface area contributed by atoms with Gasteiger partial charge >= 0.3 is 0 Å². The summed E-state index contributed by atoms with van der Waals surface area (Å²) in [5.74, 6) is 0.327. The van der Waals surface area contributed by atoms with E-state index in [-0.39, 0.29) is 17.9 Å². The predicted octanol–water partition coefficient (Wildman–Crippen LogP) is 3.56. The Labute approximate surface area is 174 Å². The number of aryl methyl sites for hydroxylation is 1. The average Bonchev–Trinajstić information content (AvgIpc) is 2.96. The van der Waals surface area contributed by atoms with Gasteiger partial charge in [-0.1, -0.05) is 13.8 Å². The standard InChI is InChI=1S/C21H26BrN5O/c1-14(2)19(13-23)25-9-11-26(12-10-25)21(28)17-5-7-18(8-6-17)27-16(4)20(22)15(3)24-27/h5-8,14,19H,9-12H2,1-4H3. The Morgan fingerprint density at radius 2 is 1.75 bits per heavy atom. The molecule has 1 aromatic carbocycles. The fraction of sp³-hybridized carbons (Fsp3) is 0.476. The minimum Gasteiger partial charge on any atom is -0.336 e. The van der Waals surface area contributed by atoms with Gasteiger partial charge in [0.1, 0.15) is 6.04 Å². The molecule has 0 spiro atoms. The third kappa shape index (κ3) is 3.98. The van der Waals surface area contributed by atoms with Crippen LogP contribution in [0.4, 0.5) is 0 Å². The van der Waals surface area contributed by atoms with E-state index in [0.717, 1.165) is 34.6 Å². The van der Waals surface area contributed by atoms with E-state index in [1.54, 1.807) is 0 Å². The van der Waals surface area contributed by atoms with E-state index in [2.05, 4.69) is 45.8 Å². The highest BCUT2D eigenvalue weighted by Crippen LogP contribution is 2.23. The smallest absolute Gasteiger partial charge is 0.253 e. The van der Waals surface area contributed by atoms with Gasteiger partial charge in [-0.3, -0.25) is 9.69 Å². The summed E-state index contributed by atoms with van der Waals surface area (Å²) >= 11 is 3.55. The number of nitriles is 1. The van der Waals surface area contributed by atoms with E-state index in [1.807, 2.05) is 47.7 Å². The maximum absolute atomic E-state index is 12.9. The van der Waals surface area contributed by atoms with Crippen molar-refractivity contribution >= 4 is 21.8 Å². The normalized spacial score (nSPS) is 16.2. The van der Waals surface area contributed by atoms with Crippen molar-refractivity contribution in [3.63, 3.8) is 0 Å². The minimum absolute atomic E-state index is 0.0406. The molecule has 2 heterocycles. The first-order valence-electron chi connectivity index (χ1n) is 9.58. The lowest BCUT2D eigenvalue weighted by Crippen LogP contribution is -2.52. The summed E-state index contributed by atoms with van der Waals surface area (Å²) in [6.45, 7) is 10.9. The molecule has 0 saturated carbocycles. The van der Waals surface area contributed by atoms with Crippen LogP contribution in [0.3, 0.4) is 0 Å². The number of carbonyl (C=O) groups excluding carboxylic acids is 1. The van der Waals surface area contributed by atoms with Crippen LogP contribution in [0.15, 0.2) is 28.7 Å². The first-order valence-corrected chi connectivity index (χ1v) is 10.4. The highest BCUT2D eigenvalue weighted by Gasteiger charge is 2.28. The molecule has 1 saturated heterocycles. The average molecular weight is 444 g/mol. The van der Waals surface area contributed by atoms with Crippen LogP contribution in [-0.4, -0.2) is 57.7 Å². The Morgan fingerprint density at radius 3 is 2.21 bits per heavy atom. The number of aromatic nitrogens is 2. The van der Waals surface area contributed by atoms with Crippen molar-refractivity contribution in [3.8, 4) is 11.8 Å². The van der Waals surface area contributed by atoms with Crippen LogP contribution in [0.5, 0.6) is 0 Å². The van der Waals surface area contributed by atoms with Crippen LogP contribution in [0.2, 0.25) is 0 Å². The zero-order valence-electron chi connectivity index (χ0n) is 16.8. The van der Waals surface area contributed by atoms with Crippen molar-refractivity contribution < 1.29 is 4.79 Å². The second-order valence-corrected chi connectivity index (χ2v) is 8.38. The molecule has 1 amide bonds. The number of piperazine rings is 1. The first-order chi connectivity index (χ1) is 13.3. The molecular formula is C21H26BrN5O. The number of benzene rings is 1. The van der Waals surface area contributed by atoms with Crippen LogP contribution >= 0.6 is 15.9 Å². The molecular weight excluding hydrogens is 418 g/mol. The summed E-state index contributed by atoms with van der Waals surface area (Å²) < 4.78 is 2.88. The van der Waals surface area contributed by atoms with Crippen molar-refractivity contribution in [2.75, 3.05) is 26.2 Å². The molecule has 7 heteroatoms. The van der Waals surface area contributed by atoms with Crippen molar-refractivity contribution in [2.24, 2.45) is 5.92 Å². The molecule has 2 aromatic rings. The molecule has 1 atom stereocenters. The third-order valence-electron chi connectivity index (χ3n) is 5.32. The molecule has 0 N–H and O–H groups in total. The number of hydrogen-bond acceptors (Lipinski definition) is 4. The molecule has 148 valence electrons. The van der Waals surface area contributed by atoms with Gasteiger partial charge in [-0.2, -0.15) is 10.4 Å². The van der Waals surface area contributed by atoms with Gasteiger partial charge in [0.15, 0.2) is 0 Å². The second kappa shape index (κ2) is 8.46. The Balaban J connectivity index is 1.67. The number of halogens is 1. The van der Waals surface area contributed by atoms with Crippen LogP contribution in [0.25, 0.3) is 5.69 Å². The van der Waals surface area contributed by atoms with E-state index < -0.39 is 0 Å². The van der Waals surface area contributed by atoms with Crippen molar-refractivity contribution in [3.05, 3.63) is 45.7 Å². The maximum Gasteiger partial charge on any atom is 0.253 e. The quantitative estimate of drug-likeness (QED) is 0.724. The highest BCUT2D eigenvalue weighted by atomic mass is 79.9. The van der Waals surface area contributed by atoms with Gasteiger partial charge in [0, 0.05) is 31.7 Å². The molecule has 3 rings (SSSR count). The molecule has 1 aliphatic rings. The van der Waals surface area contributed by atoms with Gasteiger partial charge in [0.2, 0.25) is 0 Å². The predicted molar refractivity (Wildman–Crippen MR) is 112 cm³/mol. The zero-order valence-corrected chi connectivity index (χ0v) is 18.4. The molecule has 0 bridgehead atoms. The number of hydrogen-bond donors (Lipinski definition) is 0. The lowest BCUT2D eigenvalue weighted by atomic mass is 10.0. The second-order valence-electron chi connectivity index (χ2n) is 7.59. The van der Waals surface area contributed by atoms with E-state index in [0.29, 0.717) is 18.7 Å². The molecule has 1 unspecified atom stereocenters. The number of carbonyl (C=O) groups is 1. The Bertz CT molecular complexity index is 889. The number of rotatable bonds is 4. The van der Waals surface area contributed by atoms with E-state index >= 15 is 0 Å². The van der Waals surface area contributed by atoms with Crippen molar-refractivity contribution in [1.29, 1.82) is 5.26 Å². The van der Waals surface area contributed by atoms with Crippen LogP contribution in [-0.2, 0) is 0 Å². The molecule has 28 heavy (non-hydrogen) atoms. The van der Waals surface area contributed by atoms with Crippen LogP contribution in [0, 0.1) is 31.1 Å². The minimum atomic E-state index is -0.0865. The van der Waals surface area contributed by atoms with Gasteiger partial charge < -0.3 is 4.90 Å². The lowest BCUT2D eigenvalue weighted by Gasteiger charge is -2.38. The molecule has 0 aliphatic carbocycles. The molecule has 1 aromatic heterocycles. The summed E-state index contributed by atoms with van der Waals surface area (Å²) in [6, 6.07) is 9.89. The van der Waals surface area contributed by atoms with E-state index in [1.165, 1.54) is 0 Å². The Hall–Kier alpha value is -2.17. The maximum atomic E-state index is 12.9. The fourth-order valence-electron chi connectivity index (χ4n) is 3.66. The van der Waals surface area contributed by atoms with Crippen molar-refractivity contribution in [2.45, 2.75) is 33.7 Å². The van der Waals surface area contributed by atoms with Gasteiger partial charge in [-0.05, 0) is 60.0 Å². The summed E-state index contributed by atoms with van der Waals surface area (Å²) in [6.07, 6.45) is 0. The number of amides is 1. The molecule has 0 radical (unpaired) electrons. The topological polar surface area (TPSA) is 65.2 Å². The Kier molecular flexibility index (Phi) is 6.21. The highest BCUT2D eigenvalue weighted by molar-refractivity contribution is 9.10. The molecule has 6 nitrogen and oxygen atoms in total. The van der Waals surface area contributed by atoms with Crippen LogP contribution < -0.4 is 0 Å². The van der Waals surface area contributed by atoms with Gasteiger partial charge in [0.25, 0.3) is 5.91 Å². The largest absolute Gasteiger partial charge is 0.336 e. The van der Waals surface area contributed by atoms with Gasteiger partial charge in [-0.25, -0.2) is 4.68 Å². The van der Waals surface area contributed by atoms with E-state index in [4.69, 9.17) is 0 Å². The summed E-state index contributed by atoms with van der Waals surface area (Å²) in [4.78, 5) is 16.9. The van der Waals surface area contributed by atoms with Gasteiger partial charge in [0.05, 0.1) is 27.6 Å². The summed E-state index contributed by atoms with van der Waals surface area (Å²) in [5.41, 5.74) is 3.58. The SMILES string of the molecule is Cc1nn(-c2ccc(C(=O)N3CCN(C(C#N)C(C)C)CC3)cc2)c(C)c1Br. The summed E-state index contributed by atoms with van der Waals surface area (Å²) in [5, 5.41) is 13.9. The molecule has 1 aliphatic heterocycles.